The number of amidine groups is 1. The second kappa shape index (κ2) is 5.92. The molecular formula is C12H25N3S. The molecule has 1 aliphatic rings. The predicted molar refractivity (Wildman–Crippen MR) is 73.3 cm³/mol. The van der Waals surface area contributed by atoms with Crippen LogP contribution in [0.15, 0.2) is 0 Å². The van der Waals surface area contributed by atoms with Crippen LogP contribution < -0.4 is 5.73 Å². The van der Waals surface area contributed by atoms with Crippen molar-refractivity contribution in [2.75, 3.05) is 24.6 Å². The van der Waals surface area contributed by atoms with Gasteiger partial charge in [0.25, 0.3) is 0 Å². The molecule has 1 unspecified atom stereocenters. The predicted octanol–water partition coefficient (Wildman–Crippen LogP) is 2.17. The third-order valence-corrected chi connectivity index (χ3v) is 4.67. The third kappa shape index (κ3) is 3.98. The van der Waals surface area contributed by atoms with Crippen LogP contribution in [0.5, 0.6) is 0 Å². The summed E-state index contributed by atoms with van der Waals surface area (Å²) in [6.45, 7) is 8.79. The SMILES string of the molecule is CC1CSCCN1CCCC(C)(C)C(=N)N. The molecule has 3 N–H and O–H groups in total. The fraction of sp³-hybridized carbons (Fsp3) is 0.917. The van der Waals surface area contributed by atoms with Gasteiger partial charge in [-0.15, -0.1) is 0 Å². The summed E-state index contributed by atoms with van der Waals surface area (Å²) in [5.74, 6) is 2.84. The quantitative estimate of drug-likeness (QED) is 0.575. The van der Waals surface area contributed by atoms with E-state index >= 15 is 0 Å². The van der Waals surface area contributed by atoms with E-state index in [0.717, 1.165) is 19.4 Å². The molecule has 1 rings (SSSR count). The number of nitrogens with zero attached hydrogens (tertiary/aromatic N) is 1. The molecule has 0 aromatic heterocycles. The molecule has 3 nitrogen and oxygen atoms in total. The molecule has 0 aromatic carbocycles. The number of thioether (sulfide) groups is 1. The number of nitrogens with two attached hydrogens (primary N) is 1. The van der Waals surface area contributed by atoms with E-state index in [2.05, 4.69) is 37.4 Å². The van der Waals surface area contributed by atoms with E-state index < -0.39 is 0 Å². The molecule has 16 heavy (non-hydrogen) atoms. The Balaban J connectivity index is 2.26. The minimum atomic E-state index is -0.131. The van der Waals surface area contributed by atoms with Crippen molar-refractivity contribution in [2.24, 2.45) is 11.1 Å². The monoisotopic (exact) mass is 243 g/mol. The van der Waals surface area contributed by atoms with Crippen molar-refractivity contribution >= 4 is 17.6 Å². The van der Waals surface area contributed by atoms with Crippen LogP contribution in [0.1, 0.15) is 33.6 Å². The van der Waals surface area contributed by atoms with E-state index in [1.165, 1.54) is 18.1 Å². The average molecular weight is 243 g/mol. The molecule has 0 saturated carbocycles. The highest BCUT2D eigenvalue weighted by Crippen LogP contribution is 2.23. The van der Waals surface area contributed by atoms with Crippen molar-refractivity contribution in [2.45, 2.75) is 39.7 Å². The van der Waals surface area contributed by atoms with Crippen LogP contribution in [-0.4, -0.2) is 41.4 Å². The maximum Gasteiger partial charge on any atom is 0.0963 e. The Morgan fingerprint density at radius 1 is 1.56 bits per heavy atom. The molecule has 1 aliphatic heterocycles. The second-order valence-electron chi connectivity index (χ2n) is 5.36. The largest absolute Gasteiger partial charge is 0.387 e. The van der Waals surface area contributed by atoms with Crippen molar-refractivity contribution < 1.29 is 0 Å². The van der Waals surface area contributed by atoms with Crippen molar-refractivity contribution in [1.29, 1.82) is 5.41 Å². The van der Waals surface area contributed by atoms with Crippen molar-refractivity contribution in [3.8, 4) is 0 Å². The van der Waals surface area contributed by atoms with Crippen LogP contribution in [-0.2, 0) is 0 Å². The topological polar surface area (TPSA) is 53.1 Å². The molecule has 1 atom stereocenters. The summed E-state index contributed by atoms with van der Waals surface area (Å²) >= 11 is 2.05. The number of nitrogens with one attached hydrogen (secondary N) is 1. The van der Waals surface area contributed by atoms with E-state index in [-0.39, 0.29) is 5.41 Å². The van der Waals surface area contributed by atoms with Gasteiger partial charge in [0, 0.05) is 29.5 Å². The average Bonchev–Trinajstić information content (AvgIpc) is 2.20. The zero-order chi connectivity index (χ0) is 12.2. The van der Waals surface area contributed by atoms with Gasteiger partial charge in [-0.25, -0.2) is 0 Å². The van der Waals surface area contributed by atoms with Crippen LogP contribution in [0.25, 0.3) is 0 Å². The maximum atomic E-state index is 7.52. The van der Waals surface area contributed by atoms with Gasteiger partial charge in [0.15, 0.2) is 0 Å². The van der Waals surface area contributed by atoms with Gasteiger partial charge in [0.2, 0.25) is 0 Å². The van der Waals surface area contributed by atoms with Gasteiger partial charge in [-0.2, -0.15) is 11.8 Å². The van der Waals surface area contributed by atoms with E-state index in [1.807, 2.05) is 0 Å². The smallest absolute Gasteiger partial charge is 0.0963 e. The van der Waals surface area contributed by atoms with Gasteiger partial charge >= 0.3 is 0 Å². The van der Waals surface area contributed by atoms with Crippen molar-refractivity contribution in [3.63, 3.8) is 0 Å². The first kappa shape index (κ1) is 13.8. The fourth-order valence-corrected chi connectivity index (χ4v) is 3.03. The van der Waals surface area contributed by atoms with Gasteiger partial charge in [-0.3, -0.25) is 10.3 Å². The molecule has 0 amide bonds. The molecule has 0 aliphatic carbocycles. The van der Waals surface area contributed by atoms with E-state index in [4.69, 9.17) is 11.1 Å². The number of hydrogen-bond donors (Lipinski definition) is 2. The summed E-state index contributed by atoms with van der Waals surface area (Å²) in [4.78, 5) is 2.56. The molecule has 1 heterocycles. The summed E-state index contributed by atoms with van der Waals surface area (Å²) in [6.07, 6.45) is 2.15. The Morgan fingerprint density at radius 2 is 2.25 bits per heavy atom. The van der Waals surface area contributed by atoms with Gasteiger partial charge in [0.05, 0.1) is 5.84 Å². The lowest BCUT2D eigenvalue weighted by Crippen LogP contribution is -2.41. The number of rotatable bonds is 5. The minimum Gasteiger partial charge on any atom is -0.387 e. The van der Waals surface area contributed by atoms with Crippen molar-refractivity contribution in [3.05, 3.63) is 0 Å². The summed E-state index contributed by atoms with van der Waals surface area (Å²) in [5, 5.41) is 7.52. The standard InChI is InChI=1S/C12H25N3S/c1-10-9-16-8-7-15(10)6-4-5-12(2,3)11(13)14/h10H,4-9H2,1-3H3,(H3,13,14). The normalized spacial score (nSPS) is 23.3. The van der Waals surface area contributed by atoms with E-state index in [0.29, 0.717) is 11.9 Å². The molecule has 1 saturated heterocycles. The van der Waals surface area contributed by atoms with Crippen LogP contribution in [0.4, 0.5) is 0 Å². The molecule has 1 fully saturated rings. The first-order chi connectivity index (χ1) is 7.43. The minimum absolute atomic E-state index is 0.131. The molecule has 94 valence electrons. The van der Waals surface area contributed by atoms with Crippen LogP contribution in [0.2, 0.25) is 0 Å². The summed E-state index contributed by atoms with van der Waals surface area (Å²) in [5.41, 5.74) is 5.45. The highest BCUT2D eigenvalue weighted by atomic mass is 32.2. The number of hydrogen-bond acceptors (Lipinski definition) is 3. The lowest BCUT2D eigenvalue weighted by molar-refractivity contribution is 0.220. The van der Waals surface area contributed by atoms with Crippen molar-refractivity contribution in [1.82, 2.24) is 4.90 Å². The Kier molecular flexibility index (Phi) is 5.12. The Morgan fingerprint density at radius 3 is 2.81 bits per heavy atom. The summed E-state index contributed by atoms with van der Waals surface area (Å²) < 4.78 is 0. The Hall–Kier alpha value is -0.220. The highest BCUT2D eigenvalue weighted by molar-refractivity contribution is 7.99. The zero-order valence-corrected chi connectivity index (χ0v) is 11.6. The molecule has 0 spiro atoms. The van der Waals surface area contributed by atoms with Crippen LogP contribution in [0.3, 0.4) is 0 Å². The second-order valence-corrected chi connectivity index (χ2v) is 6.51. The molecule has 0 aromatic rings. The van der Waals surface area contributed by atoms with E-state index in [9.17, 15) is 0 Å². The molecule has 0 radical (unpaired) electrons. The summed E-state index contributed by atoms with van der Waals surface area (Å²) in [6, 6.07) is 0.708. The van der Waals surface area contributed by atoms with Gasteiger partial charge in [-0.05, 0) is 26.3 Å². The van der Waals surface area contributed by atoms with Gasteiger partial charge in [-0.1, -0.05) is 13.8 Å². The molecular weight excluding hydrogens is 218 g/mol. The maximum absolute atomic E-state index is 7.52. The first-order valence-corrected chi connectivity index (χ1v) is 7.25. The lowest BCUT2D eigenvalue weighted by Gasteiger charge is -2.34. The molecule has 4 heteroatoms. The highest BCUT2D eigenvalue weighted by Gasteiger charge is 2.23. The molecule has 0 bridgehead atoms. The van der Waals surface area contributed by atoms with Gasteiger partial charge < -0.3 is 5.73 Å². The zero-order valence-electron chi connectivity index (χ0n) is 10.8. The first-order valence-electron chi connectivity index (χ1n) is 6.10. The van der Waals surface area contributed by atoms with Gasteiger partial charge in [0.1, 0.15) is 0 Å². The lowest BCUT2D eigenvalue weighted by atomic mass is 9.86. The Bertz CT molecular complexity index is 240. The van der Waals surface area contributed by atoms with E-state index in [1.54, 1.807) is 0 Å². The fourth-order valence-electron chi connectivity index (χ4n) is 1.95. The Labute approximate surface area is 104 Å². The third-order valence-electron chi connectivity index (χ3n) is 3.48. The van der Waals surface area contributed by atoms with Crippen LogP contribution >= 0.6 is 11.8 Å². The van der Waals surface area contributed by atoms with Crippen LogP contribution in [0, 0.1) is 10.8 Å². The summed E-state index contributed by atoms with van der Waals surface area (Å²) in [7, 11) is 0.